The molecule has 5 nitrogen and oxygen atoms in total. The van der Waals surface area contributed by atoms with E-state index in [1.54, 1.807) is 0 Å². The molecule has 0 amide bonds. The highest BCUT2D eigenvalue weighted by Crippen LogP contribution is 2.19. The van der Waals surface area contributed by atoms with Crippen molar-refractivity contribution in [2.24, 2.45) is 0 Å². The van der Waals surface area contributed by atoms with Gasteiger partial charge in [0.2, 0.25) is 33.3 Å². The summed E-state index contributed by atoms with van der Waals surface area (Å²) in [6.07, 6.45) is 0. The van der Waals surface area contributed by atoms with Gasteiger partial charge in [-0.2, -0.15) is 0 Å². The molecule has 0 N–H and O–H groups in total. The Bertz CT molecular complexity index is 1190. The van der Waals surface area contributed by atoms with E-state index >= 15 is 0 Å². The lowest BCUT2D eigenvalue weighted by molar-refractivity contribution is 0.233. The maximum atomic E-state index is 7.03. The highest BCUT2D eigenvalue weighted by atomic mass is 28.5. The number of benzene rings is 4. The summed E-state index contributed by atoms with van der Waals surface area (Å²) in [6.45, 7) is 17.7. The SMILES string of the molecule is C[Si](C)(O[SiH](O[SiH](O[Si](C)(C)c1ccccc1)O[Si](C)(C)c1ccccc1)O[Si](C)(C)c1ccccc1)c1ccccc1. The predicted octanol–water partition coefficient (Wildman–Crippen LogP) is 4.95. The molecule has 0 radical (unpaired) electrons. The van der Waals surface area contributed by atoms with E-state index in [-0.39, 0.29) is 0 Å². The fourth-order valence-electron chi connectivity index (χ4n) is 4.84. The highest BCUT2D eigenvalue weighted by molar-refractivity contribution is 6.94. The van der Waals surface area contributed by atoms with Gasteiger partial charge in [0, 0.05) is 0 Å². The molecule has 0 aliphatic rings. The van der Waals surface area contributed by atoms with E-state index in [1.165, 1.54) is 20.7 Å². The van der Waals surface area contributed by atoms with Gasteiger partial charge in [0.1, 0.15) is 0 Å². The van der Waals surface area contributed by atoms with Crippen LogP contribution in [-0.2, 0) is 20.6 Å². The van der Waals surface area contributed by atoms with E-state index in [4.69, 9.17) is 20.6 Å². The molecule has 0 saturated carbocycles. The van der Waals surface area contributed by atoms with Crippen molar-refractivity contribution >= 4 is 73.1 Å². The topological polar surface area (TPSA) is 46.2 Å². The second kappa shape index (κ2) is 14.4. The average molecular weight is 679 g/mol. The standard InChI is InChI=1S/C32H46O5Si6/c1-40(2,29-21-13-9-14-22-29)34-38(35-41(3,4)30-23-15-10-16-24-30)33-39(36-42(5,6)31-25-17-11-18-26-31)37-43(7,8)32-27-19-12-20-28-32/h9-28,38-39H,1-8H3. The Morgan fingerprint density at radius 3 is 0.698 bits per heavy atom. The van der Waals surface area contributed by atoms with Crippen molar-refractivity contribution in [1.29, 1.82) is 0 Å². The van der Waals surface area contributed by atoms with E-state index in [0.29, 0.717) is 0 Å². The van der Waals surface area contributed by atoms with Crippen molar-refractivity contribution in [2.75, 3.05) is 0 Å². The van der Waals surface area contributed by atoms with Crippen LogP contribution in [0.15, 0.2) is 121 Å². The molecule has 228 valence electrons. The van der Waals surface area contributed by atoms with E-state index in [9.17, 15) is 0 Å². The molecule has 43 heavy (non-hydrogen) atoms. The average Bonchev–Trinajstić information content (AvgIpc) is 2.98. The smallest absolute Gasteiger partial charge is 0.415 e. The normalized spacial score (nSPS) is 13.1. The Kier molecular flexibility index (Phi) is 11.3. The summed E-state index contributed by atoms with van der Waals surface area (Å²) in [7, 11) is -15.1. The number of rotatable bonds is 14. The minimum atomic E-state index is -2.77. The van der Waals surface area contributed by atoms with Crippen LogP contribution >= 0.6 is 0 Å². The van der Waals surface area contributed by atoms with Gasteiger partial charge in [0.25, 0.3) is 0 Å². The largest absolute Gasteiger partial charge is 0.456 e. The van der Waals surface area contributed by atoms with E-state index in [0.717, 1.165) is 0 Å². The van der Waals surface area contributed by atoms with E-state index in [2.05, 4.69) is 149 Å². The fourth-order valence-corrected chi connectivity index (χ4v) is 23.6. The van der Waals surface area contributed by atoms with Crippen LogP contribution < -0.4 is 20.7 Å². The minimum absolute atomic E-state index is 1.21. The zero-order chi connectivity index (χ0) is 31.1. The summed E-state index contributed by atoms with van der Waals surface area (Å²) in [5.41, 5.74) is 0. The summed E-state index contributed by atoms with van der Waals surface area (Å²) in [5.74, 6) is 0. The van der Waals surface area contributed by atoms with Crippen molar-refractivity contribution in [3.05, 3.63) is 121 Å². The van der Waals surface area contributed by atoms with Crippen LogP contribution in [-0.4, -0.2) is 52.3 Å². The summed E-state index contributed by atoms with van der Waals surface area (Å²) in [5, 5.41) is 4.82. The second-order valence-electron chi connectivity index (χ2n) is 12.7. The van der Waals surface area contributed by atoms with Crippen molar-refractivity contribution in [2.45, 2.75) is 52.4 Å². The maximum Gasteiger partial charge on any atom is 0.456 e. The molecule has 4 aromatic rings. The van der Waals surface area contributed by atoms with Crippen molar-refractivity contribution in [3.63, 3.8) is 0 Å². The lowest BCUT2D eigenvalue weighted by atomic mass is 10.4. The number of hydrogen-bond donors (Lipinski definition) is 0. The van der Waals surface area contributed by atoms with Crippen LogP contribution in [0.1, 0.15) is 0 Å². The number of hydrogen-bond acceptors (Lipinski definition) is 5. The van der Waals surface area contributed by atoms with Crippen LogP contribution in [0.2, 0.25) is 52.4 Å². The molecule has 0 bridgehead atoms. The molecule has 0 atom stereocenters. The molecule has 0 heterocycles. The Morgan fingerprint density at radius 1 is 0.326 bits per heavy atom. The predicted molar refractivity (Wildman–Crippen MR) is 194 cm³/mol. The Balaban J connectivity index is 1.70. The van der Waals surface area contributed by atoms with Crippen LogP contribution in [0.3, 0.4) is 0 Å². The molecule has 0 fully saturated rings. The van der Waals surface area contributed by atoms with Gasteiger partial charge in [0.05, 0.1) is 0 Å². The first-order chi connectivity index (χ1) is 20.3. The van der Waals surface area contributed by atoms with Gasteiger partial charge in [-0.15, -0.1) is 0 Å². The molecule has 4 aromatic carbocycles. The first-order valence-electron chi connectivity index (χ1n) is 14.9. The Morgan fingerprint density at radius 2 is 0.512 bits per heavy atom. The summed E-state index contributed by atoms with van der Waals surface area (Å²) < 4.78 is 35.1. The van der Waals surface area contributed by atoms with Crippen molar-refractivity contribution < 1.29 is 20.6 Å². The zero-order valence-electron chi connectivity index (χ0n) is 26.7. The molecular weight excluding hydrogens is 633 g/mol. The Labute approximate surface area is 266 Å². The monoisotopic (exact) mass is 678 g/mol. The molecule has 11 heteroatoms. The zero-order valence-corrected chi connectivity index (χ0v) is 33.1. The molecule has 0 aromatic heterocycles. The van der Waals surface area contributed by atoms with Gasteiger partial charge in [-0.1, -0.05) is 121 Å². The quantitative estimate of drug-likeness (QED) is 0.177. The summed E-state index contributed by atoms with van der Waals surface area (Å²) in [4.78, 5) is 0. The third-order valence-electron chi connectivity index (χ3n) is 7.66. The molecule has 4 rings (SSSR count). The molecule has 0 unspecified atom stereocenters. The van der Waals surface area contributed by atoms with E-state index in [1.807, 2.05) is 24.3 Å². The second-order valence-corrected chi connectivity index (χ2v) is 33.1. The molecular formula is C32H46O5Si6. The summed E-state index contributed by atoms with van der Waals surface area (Å²) in [6, 6.07) is 41.9. The van der Waals surface area contributed by atoms with Crippen molar-refractivity contribution in [3.8, 4) is 0 Å². The van der Waals surface area contributed by atoms with Gasteiger partial charge < -0.3 is 20.6 Å². The Hall–Kier alpha value is -2.02. The first-order valence-corrected chi connectivity index (χ1v) is 29.3. The van der Waals surface area contributed by atoms with Gasteiger partial charge in [-0.25, -0.2) is 0 Å². The van der Waals surface area contributed by atoms with Gasteiger partial charge in [0.15, 0.2) is 0 Å². The van der Waals surface area contributed by atoms with Crippen molar-refractivity contribution in [1.82, 2.24) is 0 Å². The minimum Gasteiger partial charge on any atom is -0.415 e. The van der Waals surface area contributed by atoms with Gasteiger partial charge >= 0.3 is 19.1 Å². The first kappa shape index (κ1) is 33.9. The molecule has 0 spiro atoms. The third-order valence-corrected chi connectivity index (χ3v) is 28.8. The molecule has 0 saturated heterocycles. The third kappa shape index (κ3) is 9.48. The van der Waals surface area contributed by atoms with Crippen LogP contribution in [0, 0.1) is 0 Å². The fraction of sp³-hybridized carbons (Fsp3) is 0.250. The van der Waals surface area contributed by atoms with Crippen LogP contribution in [0.5, 0.6) is 0 Å². The highest BCUT2D eigenvalue weighted by Gasteiger charge is 2.43. The maximum absolute atomic E-state index is 7.03. The van der Waals surface area contributed by atoms with Gasteiger partial charge in [-0.3, -0.25) is 0 Å². The van der Waals surface area contributed by atoms with Crippen LogP contribution in [0.4, 0.5) is 0 Å². The molecule has 0 aliphatic carbocycles. The lowest BCUT2D eigenvalue weighted by Gasteiger charge is -2.38. The van der Waals surface area contributed by atoms with Gasteiger partial charge in [-0.05, 0) is 73.1 Å². The van der Waals surface area contributed by atoms with E-state index < -0.39 is 52.3 Å². The summed E-state index contributed by atoms with van der Waals surface area (Å²) >= 11 is 0. The lowest BCUT2D eigenvalue weighted by Crippen LogP contribution is -2.61. The molecule has 0 aliphatic heterocycles. The van der Waals surface area contributed by atoms with Crippen LogP contribution in [0.25, 0.3) is 0 Å².